The first-order valence-corrected chi connectivity index (χ1v) is 7.59. The van der Waals surface area contributed by atoms with Crippen molar-refractivity contribution < 1.29 is 4.74 Å². The number of hydrogen-bond acceptors (Lipinski definition) is 2. The molecule has 2 rings (SSSR count). The molecule has 4 heteroatoms. The van der Waals surface area contributed by atoms with Crippen LogP contribution in [0.15, 0.2) is 15.9 Å². The van der Waals surface area contributed by atoms with Gasteiger partial charge in [0, 0.05) is 20.1 Å². The van der Waals surface area contributed by atoms with Crippen molar-refractivity contribution in [1.82, 2.24) is 0 Å². The van der Waals surface area contributed by atoms with Crippen LogP contribution >= 0.6 is 43.2 Å². The average molecular weight is 354 g/mol. The molecule has 0 radical (unpaired) electrons. The van der Waals surface area contributed by atoms with E-state index in [0.717, 1.165) is 13.0 Å². The van der Waals surface area contributed by atoms with Crippen LogP contribution in [-0.4, -0.2) is 17.0 Å². The van der Waals surface area contributed by atoms with Crippen LogP contribution in [0.25, 0.3) is 0 Å². The van der Waals surface area contributed by atoms with E-state index in [0.29, 0.717) is 10.7 Å². The molecule has 0 bridgehead atoms. The van der Waals surface area contributed by atoms with Crippen LogP contribution in [0.3, 0.4) is 0 Å². The zero-order chi connectivity index (χ0) is 11.1. The summed E-state index contributed by atoms with van der Waals surface area (Å²) in [5.41, 5.74) is -0.0333. The summed E-state index contributed by atoms with van der Waals surface area (Å²) in [4.78, 5) is 1.87. The number of alkyl halides is 1. The molecule has 1 saturated heterocycles. The molecule has 0 N–H and O–H groups in total. The lowest BCUT2D eigenvalue weighted by atomic mass is 9.94. The Morgan fingerprint density at radius 1 is 1.60 bits per heavy atom. The molecular weight excluding hydrogens is 340 g/mol. The third-order valence-electron chi connectivity index (χ3n) is 2.89. The molecule has 2 unspecified atom stereocenters. The van der Waals surface area contributed by atoms with E-state index in [1.807, 2.05) is 11.3 Å². The molecule has 1 aliphatic rings. The van der Waals surface area contributed by atoms with Gasteiger partial charge in [-0.05, 0) is 47.6 Å². The van der Waals surface area contributed by atoms with Crippen molar-refractivity contribution in [2.24, 2.45) is 5.92 Å². The Balaban J connectivity index is 2.06. The van der Waals surface area contributed by atoms with Gasteiger partial charge in [-0.25, -0.2) is 0 Å². The van der Waals surface area contributed by atoms with E-state index in [1.165, 1.54) is 9.35 Å². The van der Waals surface area contributed by atoms with Gasteiger partial charge in [-0.3, -0.25) is 0 Å². The van der Waals surface area contributed by atoms with E-state index in [2.05, 4.69) is 57.2 Å². The Kier molecular flexibility index (Phi) is 3.61. The van der Waals surface area contributed by atoms with Crippen LogP contribution in [0.4, 0.5) is 0 Å². The highest BCUT2D eigenvalue weighted by molar-refractivity contribution is 9.10. The smallest absolute Gasteiger partial charge is 0.0754 e. The fourth-order valence-corrected chi connectivity index (χ4v) is 4.01. The van der Waals surface area contributed by atoms with E-state index in [4.69, 9.17) is 4.74 Å². The average Bonchev–Trinajstić information content (AvgIpc) is 2.66. The van der Waals surface area contributed by atoms with Gasteiger partial charge in [0.1, 0.15) is 0 Å². The Labute approximate surface area is 111 Å². The molecule has 1 aliphatic heterocycles. The van der Waals surface area contributed by atoms with E-state index in [-0.39, 0.29) is 5.60 Å². The van der Waals surface area contributed by atoms with Crippen LogP contribution in [0, 0.1) is 5.92 Å². The second-order valence-corrected chi connectivity index (χ2v) is 7.31. The SMILES string of the molecule is CC1(C)OCC(Cc2sccc2Br)C1Br. The molecule has 1 aromatic rings. The number of halogens is 2. The number of hydrogen-bond donors (Lipinski definition) is 0. The predicted molar refractivity (Wildman–Crippen MR) is 72.0 cm³/mol. The topological polar surface area (TPSA) is 9.23 Å². The minimum atomic E-state index is -0.0333. The van der Waals surface area contributed by atoms with Gasteiger partial charge in [0.2, 0.25) is 0 Å². The second kappa shape index (κ2) is 4.47. The maximum absolute atomic E-state index is 5.80. The lowest BCUT2D eigenvalue weighted by molar-refractivity contribution is 0.0381. The molecule has 2 atom stereocenters. The Bertz CT molecular complexity index is 348. The van der Waals surface area contributed by atoms with Crippen molar-refractivity contribution in [3.05, 3.63) is 20.8 Å². The van der Waals surface area contributed by atoms with Crippen molar-refractivity contribution in [3.63, 3.8) is 0 Å². The molecular formula is C11H14Br2OS. The molecule has 2 heterocycles. The third kappa shape index (κ3) is 2.48. The van der Waals surface area contributed by atoms with Crippen molar-refractivity contribution in [2.75, 3.05) is 6.61 Å². The number of thiophene rings is 1. The number of ether oxygens (including phenoxy) is 1. The number of rotatable bonds is 2. The van der Waals surface area contributed by atoms with Crippen molar-refractivity contribution >= 4 is 43.2 Å². The van der Waals surface area contributed by atoms with E-state index >= 15 is 0 Å². The molecule has 1 nitrogen and oxygen atoms in total. The quantitative estimate of drug-likeness (QED) is 0.722. The molecule has 0 aliphatic carbocycles. The molecule has 1 aromatic heterocycles. The van der Waals surface area contributed by atoms with Gasteiger partial charge >= 0.3 is 0 Å². The van der Waals surface area contributed by atoms with Crippen LogP contribution in [0.1, 0.15) is 18.7 Å². The highest BCUT2D eigenvalue weighted by Crippen LogP contribution is 2.39. The van der Waals surface area contributed by atoms with Crippen molar-refractivity contribution in [3.8, 4) is 0 Å². The normalized spacial score (nSPS) is 29.6. The molecule has 84 valence electrons. The Morgan fingerprint density at radius 3 is 2.80 bits per heavy atom. The van der Waals surface area contributed by atoms with Gasteiger partial charge in [0.25, 0.3) is 0 Å². The molecule has 15 heavy (non-hydrogen) atoms. The van der Waals surface area contributed by atoms with E-state index in [9.17, 15) is 0 Å². The minimum absolute atomic E-state index is 0.0333. The summed E-state index contributed by atoms with van der Waals surface area (Å²) in [6.07, 6.45) is 1.09. The van der Waals surface area contributed by atoms with Gasteiger partial charge in [-0.15, -0.1) is 11.3 Å². The first kappa shape index (κ1) is 12.1. The molecule has 0 aromatic carbocycles. The van der Waals surface area contributed by atoms with Gasteiger partial charge < -0.3 is 4.74 Å². The fraction of sp³-hybridized carbons (Fsp3) is 0.636. The van der Waals surface area contributed by atoms with Gasteiger partial charge in [-0.2, -0.15) is 0 Å². The summed E-state index contributed by atoms with van der Waals surface area (Å²) in [7, 11) is 0. The predicted octanol–water partition coefficient (Wildman–Crippen LogP) is 4.24. The summed E-state index contributed by atoms with van der Waals surface area (Å²) in [6, 6.07) is 2.12. The fourth-order valence-electron chi connectivity index (χ4n) is 1.92. The molecule has 0 saturated carbocycles. The molecule has 0 amide bonds. The Morgan fingerprint density at radius 2 is 2.33 bits per heavy atom. The standard InChI is InChI=1S/C11H14Br2OS/c1-11(2)10(13)7(6-14-11)5-9-8(12)3-4-15-9/h3-4,7,10H,5-6H2,1-2H3. The van der Waals surface area contributed by atoms with Gasteiger partial charge in [0.15, 0.2) is 0 Å². The van der Waals surface area contributed by atoms with Crippen molar-refractivity contribution in [1.29, 1.82) is 0 Å². The van der Waals surface area contributed by atoms with Crippen LogP contribution in [0.5, 0.6) is 0 Å². The lowest BCUT2D eigenvalue weighted by Crippen LogP contribution is -2.30. The summed E-state index contributed by atoms with van der Waals surface area (Å²) in [5.74, 6) is 0.579. The lowest BCUT2D eigenvalue weighted by Gasteiger charge is -2.23. The highest BCUT2D eigenvalue weighted by atomic mass is 79.9. The summed E-state index contributed by atoms with van der Waals surface area (Å²) in [6.45, 7) is 5.15. The Hall–Kier alpha value is 0.620. The third-order valence-corrected chi connectivity index (χ3v) is 6.68. The van der Waals surface area contributed by atoms with Gasteiger partial charge in [0.05, 0.1) is 12.2 Å². The van der Waals surface area contributed by atoms with Crippen molar-refractivity contribution in [2.45, 2.75) is 30.7 Å². The van der Waals surface area contributed by atoms with Gasteiger partial charge in [-0.1, -0.05) is 15.9 Å². The summed E-state index contributed by atoms with van der Waals surface area (Å²) >= 11 is 9.15. The van der Waals surface area contributed by atoms with Crippen LogP contribution in [-0.2, 0) is 11.2 Å². The largest absolute Gasteiger partial charge is 0.374 e. The minimum Gasteiger partial charge on any atom is -0.374 e. The molecule has 1 fully saturated rings. The van der Waals surface area contributed by atoms with E-state index in [1.54, 1.807) is 0 Å². The maximum atomic E-state index is 5.80. The zero-order valence-corrected chi connectivity index (χ0v) is 12.8. The second-order valence-electron chi connectivity index (χ2n) is 4.47. The molecule has 0 spiro atoms. The maximum Gasteiger partial charge on any atom is 0.0754 e. The first-order chi connectivity index (χ1) is 7.00. The first-order valence-electron chi connectivity index (χ1n) is 5.00. The monoisotopic (exact) mass is 352 g/mol. The highest BCUT2D eigenvalue weighted by Gasteiger charge is 2.41. The zero-order valence-electron chi connectivity index (χ0n) is 8.80. The summed E-state index contributed by atoms with van der Waals surface area (Å²) in [5, 5.41) is 2.13. The van der Waals surface area contributed by atoms with E-state index < -0.39 is 0 Å². The summed E-state index contributed by atoms with van der Waals surface area (Å²) < 4.78 is 7.03. The van der Waals surface area contributed by atoms with Crippen LogP contribution in [0.2, 0.25) is 0 Å². The van der Waals surface area contributed by atoms with Crippen LogP contribution < -0.4 is 0 Å².